The summed E-state index contributed by atoms with van der Waals surface area (Å²) >= 11 is 0. The van der Waals surface area contributed by atoms with E-state index in [-0.39, 0.29) is 37.5 Å². The molecule has 1 unspecified atom stereocenters. The molecule has 0 radical (unpaired) electrons. The van der Waals surface area contributed by atoms with E-state index < -0.39 is 6.10 Å². The second kappa shape index (κ2) is 63.3. The van der Waals surface area contributed by atoms with Gasteiger partial charge >= 0.3 is 17.9 Å². The lowest BCUT2D eigenvalue weighted by molar-refractivity contribution is -0.167. The Hall–Kier alpha value is -5.23. The monoisotopic (exact) mass is 1060 g/mol. The molecule has 0 bridgehead atoms. The smallest absolute Gasteiger partial charge is 0.306 e. The molecule has 0 aliphatic heterocycles. The summed E-state index contributed by atoms with van der Waals surface area (Å²) < 4.78 is 16.8. The van der Waals surface area contributed by atoms with Crippen molar-refractivity contribution in [3.63, 3.8) is 0 Å². The number of rotatable bonds is 53. The second-order valence-electron chi connectivity index (χ2n) is 19.5. The number of hydrogen-bond donors (Lipinski definition) is 0. The third kappa shape index (κ3) is 61.5. The highest BCUT2D eigenvalue weighted by molar-refractivity contribution is 5.71. The topological polar surface area (TPSA) is 78.9 Å². The van der Waals surface area contributed by atoms with Crippen LogP contribution in [0.3, 0.4) is 0 Å². The highest BCUT2D eigenvalue weighted by Crippen LogP contribution is 2.13. The van der Waals surface area contributed by atoms with E-state index in [1.807, 2.05) is 0 Å². The third-order valence-corrected chi connectivity index (χ3v) is 12.2. The van der Waals surface area contributed by atoms with Crippen LogP contribution in [0, 0.1) is 0 Å². The molecule has 0 rings (SSSR count). The lowest BCUT2D eigenvalue weighted by atomic mass is 10.1. The predicted molar refractivity (Wildman–Crippen MR) is 334 cm³/mol. The number of allylic oxidation sites excluding steroid dienone is 28. The van der Waals surface area contributed by atoms with E-state index in [1.54, 1.807) is 0 Å². The molecular formula is C71H110O6. The molecule has 6 nitrogen and oxygen atoms in total. The first-order chi connectivity index (χ1) is 38.0. The molecule has 0 N–H and O–H groups in total. The largest absolute Gasteiger partial charge is 0.462 e. The summed E-state index contributed by atoms with van der Waals surface area (Å²) in [6, 6.07) is 0. The van der Waals surface area contributed by atoms with Crippen LogP contribution in [0.25, 0.3) is 0 Å². The van der Waals surface area contributed by atoms with Crippen molar-refractivity contribution in [3.05, 3.63) is 170 Å². The first kappa shape index (κ1) is 71.8. The van der Waals surface area contributed by atoms with Crippen molar-refractivity contribution in [3.8, 4) is 0 Å². The van der Waals surface area contributed by atoms with Crippen molar-refractivity contribution in [2.75, 3.05) is 13.2 Å². The van der Waals surface area contributed by atoms with Crippen LogP contribution in [0.1, 0.15) is 239 Å². The van der Waals surface area contributed by atoms with Crippen molar-refractivity contribution < 1.29 is 28.6 Å². The number of hydrogen-bond acceptors (Lipinski definition) is 6. The number of ether oxygens (including phenoxy) is 3. The van der Waals surface area contributed by atoms with Gasteiger partial charge in [-0.1, -0.05) is 242 Å². The van der Waals surface area contributed by atoms with Crippen LogP contribution in [0.4, 0.5) is 0 Å². The van der Waals surface area contributed by atoms with Crippen molar-refractivity contribution in [1.29, 1.82) is 0 Å². The average molecular weight is 1060 g/mol. The van der Waals surface area contributed by atoms with Gasteiger partial charge in [0.25, 0.3) is 0 Å². The maximum absolute atomic E-state index is 12.9. The van der Waals surface area contributed by atoms with Gasteiger partial charge in [0, 0.05) is 19.3 Å². The van der Waals surface area contributed by atoms with Crippen LogP contribution in [0.2, 0.25) is 0 Å². The van der Waals surface area contributed by atoms with E-state index in [0.29, 0.717) is 12.8 Å². The SMILES string of the molecule is CC/C=C\C/C=C\C/C=C\C/C=C\C/C=C\C/C=C\C/C=C\C/C=C\CCCCCCC(=O)OCC(COC(=O)CCCCCCC/C=C\C/C=C\CCC)OC(=O)CCCCCC/C=C\C/C=C\C/C=C\C/C=C\CC. The second-order valence-corrected chi connectivity index (χ2v) is 19.5. The van der Waals surface area contributed by atoms with Gasteiger partial charge in [-0.15, -0.1) is 0 Å². The van der Waals surface area contributed by atoms with E-state index in [4.69, 9.17) is 14.2 Å². The Morgan fingerprint density at radius 2 is 0.506 bits per heavy atom. The Labute approximate surface area is 472 Å². The Morgan fingerprint density at radius 3 is 0.792 bits per heavy atom. The van der Waals surface area contributed by atoms with Gasteiger partial charge in [-0.05, 0) is 148 Å². The normalized spacial score (nSPS) is 13.3. The van der Waals surface area contributed by atoms with Crippen LogP contribution in [-0.2, 0) is 28.6 Å². The van der Waals surface area contributed by atoms with Crippen molar-refractivity contribution >= 4 is 17.9 Å². The summed E-state index contributed by atoms with van der Waals surface area (Å²) in [5.41, 5.74) is 0. The van der Waals surface area contributed by atoms with Gasteiger partial charge in [0.1, 0.15) is 13.2 Å². The molecule has 0 fully saturated rings. The van der Waals surface area contributed by atoms with E-state index >= 15 is 0 Å². The summed E-state index contributed by atoms with van der Waals surface area (Å²) in [5.74, 6) is -0.983. The maximum atomic E-state index is 12.9. The van der Waals surface area contributed by atoms with Gasteiger partial charge in [0.15, 0.2) is 6.10 Å². The van der Waals surface area contributed by atoms with Crippen LogP contribution in [0.15, 0.2) is 170 Å². The summed E-state index contributed by atoms with van der Waals surface area (Å²) in [6.45, 7) is 6.28. The van der Waals surface area contributed by atoms with Gasteiger partial charge in [-0.3, -0.25) is 14.4 Å². The summed E-state index contributed by atoms with van der Waals surface area (Å²) in [4.78, 5) is 38.2. The van der Waals surface area contributed by atoms with E-state index in [2.05, 4.69) is 191 Å². The number of carbonyl (C=O) groups is 3. The highest BCUT2D eigenvalue weighted by atomic mass is 16.6. The van der Waals surface area contributed by atoms with Crippen LogP contribution >= 0.6 is 0 Å². The molecule has 0 heterocycles. The summed E-state index contributed by atoms with van der Waals surface area (Å²) in [7, 11) is 0. The molecule has 0 amide bonds. The first-order valence-electron chi connectivity index (χ1n) is 30.6. The van der Waals surface area contributed by atoms with Gasteiger partial charge in [-0.2, -0.15) is 0 Å². The minimum atomic E-state index is -0.818. The zero-order chi connectivity index (χ0) is 55.7. The van der Waals surface area contributed by atoms with Crippen LogP contribution in [-0.4, -0.2) is 37.2 Å². The Morgan fingerprint density at radius 1 is 0.273 bits per heavy atom. The minimum Gasteiger partial charge on any atom is -0.462 e. The number of esters is 3. The van der Waals surface area contributed by atoms with E-state index in [1.165, 1.54) is 6.42 Å². The van der Waals surface area contributed by atoms with Gasteiger partial charge in [-0.25, -0.2) is 0 Å². The molecule has 0 aromatic rings. The number of unbranched alkanes of at least 4 members (excludes halogenated alkanes) is 14. The fourth-order valence-electron chi connectivity index (χ4n) is 7.66. The lowest BCUT2D eigenvalue weighted by Gasteiger charge is -2.18. The van der Waals surface area contributed by atoms with Crippen molar-refractivity contribution in [2.24, 2.45) is 0 Å². The summed E-state index contributed by atoms with van der Waals surface area (Å²) in [6.07, 6.45) is 93.5. The summed E-state index contributed by atoms with van der Waals surface area (Å²) in [5, 5.41) is 0. The Bertz CT molecular complexity index is 1790. The highest BCUT2D eigenvalue weighted by Gasteiger charge is 2.19. The van der Waals surface area contributed by atoms with Crippen molar-refractivity contribution in [1.82, 2.24) is 0 Å². The molecule has 0 saturated heterocycles. The molecular weight excluding hydrogens is 949 g/mol. The zero-order valence-electron chi connectivity index (χ0n) is 49.1. The molecule has 0 aliphatic rings. The Kier molecular flexibility index (Phi) is 59.0. The molecule has 430 valence electrons. The fraction of sp³-hybridized carbons (Fsp3) is 0.563. The van der Waals surface area contributed by atoms with Gasteiger partial charge in [0.05, 0.1) is 0 Å². The lowest BCUT2D eigenvalue weighted by Crippen LogP contribution is -2.30. The third-order valence-electron chi connectivity index (χ3n) is 12.2. The molecule has 0 saturated carbocycles. The maximum Gasteiger partial charge on any atom is 0.306 e. The van der Waals surface area contributed by atoms with Crippen LogP contribution in [0.5, 0.6) is 0 Å². The number of carbonyl (C=O) groups excluding carboxylic acids is 3. The van der Waals surface area contributed by atoms with E-state index in [0.717, 1.165) is 193 Å². The van der Waals surface area contributed by atoms with E-state index in [9.17, 15) is 14.4 Å². The molecule has 77 heavy (non-hydrogen) atoms. The molecule has 6 heteroatoms. The molecule has 1 atom stereocenters. The fourth-order valence-corrected chi connectivity index (χ4v) is 7.66. The molecule has 0 aliphatic carbocycles. The molecule has 0 spiro atoms. The van der Waals surface area contributed by atoms with Gasteiger partial charge < -0.3 is 14.2 Å². The minimum absolute atomic E-state index is 0.112. The first-order valence-corrected chi connectivity index (χ1v) is 30.6. The molecule has 0 aromatic carbocycles. The zero-order valence-corrected chi connectivity index (χ0v) is 49.1. The Balaban J connectivity index is 4.45. The predicted octanol–water partition coefficient (Wildman–Crippen LogP) is 21.1. The molecule has 0 aromatic heterocycles. The van der Waals surface area contributed by atoms with Crippen molar-refractivity contribution in [2.45, 2.75) is 245 Å². The van der Waals surface area contributed by atoms with Gasteiger partial charge in [0.2, 0.25) is 0 Å². The van der Waals surface area contributed by atoms with Crippen LogP contribution < -0.4 is 0 Å². The quantitative estimate of drug-likeness (QED) is 0.0261. The standard InChI is InChI=1S/C71H110O6/c1-4-7-10-13-16-19-22-25-27-29-30-31-32-33-34-35-36-37-38-39-40-42-43-46-49-52-55-58-61-64-70(73)76-67-68(66-75-69(72)63-60-57-54-51-48-45-24-21-18-15-12-9-6-3)77-71(74)65-62-59-56-53-50-47-44-41-28-26-23-20-17-14-11-8-5-2/h7-8,10-12,15-17,19-21,24-28,30-31,33-34,36-37,39-40,43-44,46-47,68H,4-6,9,13-14,18,22-23,29,32,35,38,41-42,45,48-67H2,1-3H3/b10-7-,11-8-,15-12-,19-16-,20-17-,24-21-,27-25-,28-26-,31-30-,34-33-,37-36-,40-39-,46-43-,47-44-. The average Bonchev–Trinajstić information content (AvgIpc) is 3.43.